The van der Waals surface area contributed by atoms with Crippen LogP contribution in [-0.2, 0) is 9.59 Å². The Hall–Kier alpha value is -0.900. The maximum atomic E-state index is 12.4. The molecule has 1 heterocycles. The van der Waals surface area contributed by atoms with Crippen molar-refractivity contribution in [3.8, 4) is 0 Å². The minimum absolute atomic E-state index is 0.0139. The lowest BCUT2D eigenvalue weighted by Crippen LogP contribution is -2.43. The Kier molecular flexibility index (Phi) is 4.69. The van der Waals surface area contributed by atoms with E-state index in [1.807, 2.05) is 20.8 Å². The molecule has 0 aromatic rings. The summed E-state index contributed by atoms with van der Waals surface area (Å²) >= 11 is 0. The number of nitrogens with zero attached hydrogens (tertiary/aromatic N) is 1. The second kappa shape index (κ2) is 5.63. The van der Waals surface area contributed by atoms with Crippen LogP contribution >= 0.6 is 0 Å². The number of amides is 2. The van der Waals surface area contributed by atoms with E-state index < -0.39 is 5.41 Å². The zero-order valence-corrected chi connectivity index (χ0v) is 11.2. The topological polar surface area (TPSA) is 63.4 Å². The van der Waals surface area contributed by atoms with Crippen LogP contribution in [0.5, 0.6) is 0 Å². The summed E-state index contributed by atoms with van der Waals surface area (Å²) in [6.45, 7) is 6.49. The Morgan fingerprint density at radius 2 is 1.88 bits per heavy atom. The monoisotopic (exact) mass is 240 g/mol. The van der Waals surface area contributed by atoms with E-state index in [9.17, 15) is 9.59 Å². The SMILES string of the molecule is CCC(CCN)N1C(=O)CC(CC)(CC)C1=O. The van der Waals surface area contributed by atoms with Gasteiger partial charge < -0.3 is 5.73 Å². The molecule has 4 heteroatoms. The van der Waals surface area contributed by atoms with Crippen LogP contribution in [0, 0.1) is 5.41 Å². The van der Waals surface area contributed by atoms with Crippen molar-refractivity contribution in [3.05, 3.63) is 0 Å². The van der Waals surface area contributed by atoms with Crippen LogP contribution in [0.2, 0.25) is 0 Å². The van der Waals surface area contributed by atoms with Crippen molar-refractivity contribution in [1.29, 1.82) is 0 Å². The van der Waals surface area contributed by atoms with E-state index in [0.717, 1.165) is 19.3 Å². The van der Waals surface area contributed by atoms with Gasteiger partial charge in [-0.3, -0.25) is 14.5 Å². The molecule has 1 aliphatic rings. The fourth-order valence-electron chi connectivity index (χ4n) is 2.70. The maximum absolute atomic E-state index is 12.4. The van der Waals surface area contributed by atoms with E-state index in [0.29, 0.717) is 19.4 Å². The number of rotatable bonds is 6. The van der Waals surface area contributed by atoms with Crippen molar-refractivity contribution in [2.24, 2.45) is 11.1 Å². The van der Waals surface area contributed by atoms with Crippen LogP contribution in [0.3, 0.4) is 0 Å². The van der Waals surface area contributed by atoms with Gasteiger partial charge in [-0.25, -0.2) is 0 Å². The first-order valence-electron chi connectivity index (χ1n) is 6.62. The van der Waals surface area contributed by atoms with Crippen LogP contribution in [0.25, 0.3) is 0 Å². The number of imide groups is 1. The van der Waals surface area contributed by atoms with Crippen molar-refractivity contribution in [2.45, 2.75) is 58.9 Å². The highest BCUT2D eigenvalue weighted by atomic mass is 16.2. The average Bonchev–Trinajstić information content (AvgIpc) is 2.59. The van der Waals surface area contributed by atoms with Crippen LogP contribution in [0.15, 0.2) is 0 Å². The van der Waals surface area contributed by atoms with Crippen molar-refractivity contribution < 1.29 is 9.59 Å². The molecule has 1 saturated heterocycles. The summed E-state index contributed by atoms with van der Waals surface area (Å²) in [5.41, 5.74) is 5.10. The molecule has 1 aliphatic heterocycles. The lowest BCUT2D eigenvalue weighted by Gasteiger charge is -2.28. The highest BCUT2D eigenvalue weighted by Gasteiger charge is 2.50. The molecule has 2 N–H and O–H groups in total. The van der Waals surface area contributed by atoms with Gasteiger partial charge in [0.15, 0.2) is 0 Å². The predicted octanol–water partition coefficient (Wildman–Crippen LogP) is 1.68. The largest absolute Gasteiger partial charge is 0.330 e. The van der Waals surface area contributed by atoms with E-state index in [2.05, 4.69) is 0 Å². The molecular formula is C13H24N2O2. The Morgan fingerprint density at radius 1 is 1.29 bits per heavy atom. The highest BCUT2D eigenvalue weighted by molar-refractivity contribution is 6.06. The Morgan fingerprint density at radius 3 is 2.24 bits per heavy atom. The summed E-state index contributed by atoms with van der Waals surface area (Å²) in [6, 6.07) is -0.0139. The van der Waals surface area contributed by atoms with Crippen LogP contribution in [0.4, 0.5) is 0 Å². The Balaban J connectivity index is 2.95. The molecule has 0 aliphatic carbocycles. The van der Waals surface area contributed by atoms with E-state index in [-0.39, 0.29) is 17.9 Å². The van der Waals surface area contributed by atoms with Gasteiger partial charge in [0, 0.05) is 12.5 Å². The molecule has 0 saturated carbocycles. The first kappa shape index (κ1) is 14.2. The molecule has 1 unspecified atom stereocenters. The fraction of sp³-hybridized carbons (Fsp3) is 0.846. The van der Waals surface area contributed by atoms with Gasteiger partial charge in [-0.1, -0.05) is 20.8 Å². The van der Waals surface area contributed by atoms with E-state index in [1.165, 1.54) is 4.90 Å². The Labute approximate surface area is 104 Å². The number of likely N-dealkylation sites (tertiary alicyclic amines) is 1. The Bertz CT molecular complexity index is 298. The maximum Gasteiger partial charge on any atom is 0.236 e. The normalized spacial score (nSPS) is 21.1. The van der Waals surface area contributed by atoms with E-state index in [4.69, 9.17) is 5.73 Å². The minimum Gasteiger partial charge on any atom is -0.330 e. The summed E-state index contributed by atoms with van der Waals surface area (Å²) in [6.07, 6.45) is 3.35. The number of nitrogens with two attached hydrogens (primary N) is 1. The quantitative estimate of drug-likeness (QED) is 0.718. The zero-order chi connectivity index (χ0) is 13.1. The zero-order valence-electron chi connectivity index (χ0n) is 11.2. The molecule has 1 atom stereocenters. The molecule has 98 valence electrons. The minimum atomic E-state index is -0.445. The van der Waals surface area contributed by atoms with E-state index >= 15 is 0 Å². The third-order valence-electron chi connectivity index (χ3n) is 4.12. The number of carbonyl (C=O) groups is 2. The third kappa shape index (κ3) is 2.37. The molecule has 0 bridgehead atoms. The first-order valence-corrected chi connectivity index (χ1v) is 6.62. The third-order valence-corrected chi connectivity index (χ3v) is 4.12. The summed E-state index contributed by atoms with van der Waals surface area (Å²) < 4.78 is 0. The van der Waals surface area contributed by atoms with Crippen LogP contribution in [-0.4, -0.2) is 29.3 Å². The van der Waals surface area contributed by atoms with Gasteiger partial charge in [0.1, 0.15) is 0 Å². The highest BCUT2D eigenvalue weighted by Crippen LogP contribution is 2.40. The standard InChI is InChI=1S/C13H24N2O2/c1-4-10(7-8-14)15-11(16)9-13(5-2,6-3)12(15)17/h10H,4-9,14H2,1-3H3. The molecule has 2 amide bonds. The van der Waals surface area contributed by atoms with Crippen molar-refractivity contribution in [2.75, 3.05) is 6.54 Å². The lowest BCUT2D eigenvalue weighted by molar-refractivity contribution is -0.144. The van der Waals surface area contributed by atoms with Gasteiger partial charge in [-0.15, -0.1) is 0 Å². The molecule has 4 nitrogen and oxygen atoms in total. The second-order valence-electron chi connectivity index (χ2n) is 4.87. The van der Waals surface area contributed by atoms with Gasteiger partial charge >= 0.3 is 0 Å². The van der Waals surface area contributed by atoms with Crippen LogP contribution in [0.1, 0.15) is 52.9 Å². The molecular weight excluding hydrogens is 216 g/mol. The van der Waals surface area contributed by atoms with Gasteiger partial charge in [0.05, 0.1) is 5.41 Å². The predicted molar refractivity (Wildman–Crippen MR) is 67.2 cm³/mol. The van der Waals surface area contributed by atoms with Gasteiger partial charge in [0.2, 0.25) is 11.8 Å². The summed E-state index contributed by atoms with van der Waals surface area (Å²) in [4.78, 5) is 26.0. The van der Waals surface area contributed by atoms with Crippen LogP contribution < -0.4 is 5.73 Å². The smallest absolute Gasteiger partial charge is 0.236 e. The van der Waals surface area contributed by atoms with Gasteiger partial charge in [0.25, 0.3) is 0 Å². The molecule has 0 spiro atoms. The lowest BCUT2D eigenvalue weighted by atomic mass is 9.81. The number of carbonyl (C=O) groups excluding carboxylic acids is 2. The van der Waals surface area contributed by atoms with E-state index in [1.54, 1.807) is 0 Å². The molecule has 0 radical (unpaired) electrons. The summed E-state index contributed by atoms with van der Waals surface area (Å²) in [7, 11) is 0. The van der Waals surface area contributed by atoms with Crippen molar-refractivity contribution in [3.63, 3.8) is 0 Å². The van der Waals surface area contributed by atoms with Gasteiger partial charge in [-0.2, -0.15) is 0 Å². The first-order chi connectivity index (χ1) is 8.06. The fourth-order valence-corrected chi connectivity index (χ4v) is 2.70. The number of hydrogen-bond donors (Lipinski definition) is 1. The molecule has 0 aromatic heterocycles. The summed E-state index contributed by atoms with van der Waals surface area (Å²) in [5.74, 6) is 0.00630. The van der Waals surface area contributed by atoms with Gasteiger partial charge in [-0.05, 0) is 32.2 Å². The molecule has 17 heavy (non-hydrogen) atoms. The second-order valence-corrected chi connectivity index (χ2v) is 4.87. The van der Waals surface area contributed by atoms with Crippen molar-refractivity contribution in [1.82, 2.24) is 4.90 Å². The molecule has 1 fully saturated rings. The summed E-state index contributed by atoms with van der Waals surface area (Å²) in [5, 5.41) is 0. The average molecular weight is 240 g/mol. The molecule has 1 rings (SSSR count). The number of hydrogen-bond acceptors (Lipinski definition) is 3. The van der Waals surface area contributed by atoms with Crippen molar-refractivity contribution >= 4 is 11.8 Å². The molecule has 0 aromatic carbocycles.